The van der Waals surface area contributed by atoms with Crippen LogP contribution in [-0.4, -0.2) is 23.8 Å². The smallest absolute Gasteiger partial charge is 0.282 e. The number of anilines is 1. The van der Waals surface area contributed by atoms with Gasteiger partial charge in [0.05, 0.1) is 6.04 Å². The highest BCUT2D eigenvalue weighted by Crippen LogP contribution is 2.60. The maximum atomic E-state index is 12.7. The molecule has 3 N–H and O–H groups in total. The minimum atomic E-state index is -0.111. The highest BCUT2D eigenvalue weighted by molar-refractivity contribution is 5.96. The van der Waals surface area contributed by atoms with Gasteiger partial charge in [-0.05, 0) is 101 Å². The number of hydrogen-bond acceptors (Lipinski definition) is 2. The van der Waals surface area contributed by atoms with Crippen molar-refractivity contribution in [3.05, 3.63) is 29.8 Å². The third-order valence-electron chi connectivity index (χ3n) is 7.60. The van der Waals surface area contributed by atoms with Crippen molar-refractivity contribution in [3.63, 3.8) is 0 Å². The zero-order valence-corrected chi connectivity index (χ0v) is 16.8. The first-order chi connectivity index (χ1) is 12.8. The van der Waals surface area contributed by atoms with Gasteiger partial charge in [0, 0.05) is 16.7 Å². The summed E-state index contributed by atoms with van der Waals surface area (Å²) in [5, 5.41) is 5.30. The minimum Gasteiger partial charge on any atom is -0.334 e. The molecule has 0 aliphatic heterocycles. The van der Waals surface area contributed by atoms with Crippen molar-refractivity contribution < 1.29 is 14.9 Å². The lowest BCUT2D eigenvalue weighted by atomic mass is 9.48. The van der Waals surface area contributed by atoms with Crippen LogP contribution in [0.1, 0.15) is 69.7 Å². The van der Waals surface area contributed by atoms with Gasteiger partial charge in [0.25, 0.3) is 5.91 Å². The van der Waals surface area contributed by atoms with Crippen molar-refractivity contribution in [2.45, 2.75) is 71.4 Å². The fourth-order valence-electron chi connectivity index (χ4n) is 6.50. The molecule has 4 aliphatic carbocycles. The van der Waals surface area contributed by atoms with E-state index in [0.717, 1.165) is 23.4 Å². The van der Waals surface area contributed by atoms with Crippen LogP contribution in [0.25, 0.3) is 0 Å². The zero-order chi connectivity index (χ0) is 19.2. The number of carbonyl (C=O) groups excluding carboxylic acids is 2. The summed E-state index contributed by atoms with van der Waals surface area (Å²) in [5.74, 6) is 2.91. The Hall–Kier alpha value is -1.68. The number of nitrogens with two attached hydrogens (primary N) is 1. The van der Waals surface area contributed by atoms with Crippen molar-refractivity contribution in [3.8, 4) is 0 Å². The predicted molar refractivity (Wildman–Crippen MR) is 107 cm³/mol. The Kier molecular flexibility index (Phi) is 4.87. The van der Waals surface area contributed by atoms with E-state index in [9.17, 15) is 9.59 Å². The Morgan fingerprint density at radius 1 is 1.00 bits per heavy atom. The highest BCUT2D eigenvalue weighted by Gasteiger charge is 2.54. The highest BCUT2D eigenvalue weighted by atomic mass is 16.2. The molecular formula is C23H33N2O2+. The van der Waals surface area contributed by atoms with Crippen LogP contribution in [0.4, 0.5) is 5.69 Å². The first kappa shape index (κ1) is 18.7. The number of nitrogens with one attached hydrogen (secondary N) is 1. The van der Waals surface area contributed by atoms with Crippen LogP contribution in [0.5, 0.6) is 0 Å². The average molecular weight is 370 g/mol. The van der Waals surface area contributed by atoms with E-state index < -0.39 is 0 Å². The number of benzene rings is 1. The Bertz CT molecular complexity index is 689. The fraction of sp³-hybridized carbons (Fsp3) is 0.652. The second-order valence-corrected chi connectivity index (χ2v) is 9.67. The van der Waals surface area contributed by atoms with Crippen molar-refractivity contribution in [2.24, 2.45) is 23.2 Å². The van der Waals surface area contributed by atoms with Crippen molar-refractivity contribution in [2.75, 3.05) is 5.32 Å². The molecule has 4 aliphatic rings. The number of carbonyl (C=O) groups is 2. The third kappa shape index (κ3) is 3.69. The summed E-state index contributed by atoms with van der Waals surface area (Å²) in [6.07, 6.45) is 8.49. The lowest BCUT2D eigenvalue weighted by Crippen LogP contribution is -2.98. The molecule has 4 saturated carbocycles. The second kappa shape index (κ2) is 7.05. The van der Waals surface area contributed by atoms with Gasteiger partial charge in [-0.25, -0.2) is 0 Å². The van der Waals surface area contributed by atoms with Gasteiger partial charge >= 0.3 is 0 Å². The maximum absolute atomic E-state index is 12.7. The molecule has 0 unspecified atom stereocenters. The molecule has 0 saturated heterocycles. The first-order valence-electron chi connectivity index (χ1n) is 10.6. The van der Waals surface area contributed by atoms with Gasteiger partial charge in [-0.15, -0.1) is 0 Å². The van der Waals surface area contributed by atoms with Gasteiger partial charge in [0.15, 0.2) is 11.8 Å². The normalized spacial score (nSPS) is 33.5. The summed E-state index contributed by atoms with van der Waals surface area (Å²) >= 11 is 0. The van der Waals surface area contributed by atoms with Gasteiger partial charge in [0.1, 0.15) is 0 Å². The molecule has 4 nitrogen and oxygen atoms in total. The second-order valence-electron chi connectivity index (χ2n) is 9.67. The SMILES string of the molecule is CC(=O)c1ccc(NC(=O)[C@H](C)[NH2+][C@@H](C)C23CC4CC(CC(C4)C2)C3)cc1. The molecule has 27 heavy (non-hydrogen) atoms. The number of ketones is 1. The number of Topliss-reactive ketones (excluding diaryl/α,β-unsaturated/α-hetero) is 1. The maximum Gasteiger partial charge on any atom is 0.282 e. The summed E-state index contributed by atoms with van der Waals surface area (Å²) < 4.78 is 0. The zero-order valence-electron chi connectivity index (χ0n) is 16.8. The van der Waals surface area contributed by atoms with Crippen molar-refractivity contribution in [1.82, 2.24) is 0 Å². The predicted octanol–water partition coefficient (Wildman–Crippen LogP) is 3.38. The molecular weight excluding hydrogens is 336 g/mol. The Labute approximate surface area is 162 Å². The summed E-state index contributed by atoms with van der Waals surface area (Å²) in [5.41, 5.74) is 1.88. The van der Waals surface area contributed by atoms with E-state index >= 15 is 0 Å². The van der Waals surface area contributed by atoms with E-state index in [1.165, 1.54) is 38.5 Å². The van der Waals surface area contributed by atoms with Crippen LogP contribution < -0.4 is 10.6 Å². The summed E-state index contributed by atoms with van der Waals surface area (Å²) in [6, 6.07) is 7.54. The first-order valence-corrected chi connectivity index (χ1v) is 10.6. The molecule has 0 spiro atoms. The van der Waals surface area contributed by atoms with Crippen molar-refractivity contribution in [1.29, 1.82) is 0 Å². The topological polar surface area (TPSA) is 62.8 Å². The molecule has 1 aromatic rings. The van der Waals surface area contributed by atoms with E-state index in [1.807, 2.05) is 19.1 Å². The fourth-order valence-corrected chi connectivity index (χ4v) is 6.50. The van der Waals surface area contributed by atoms with Gasteiger partial charge in [-0.1, -0.05) is 0 Å². The minimum absolute atomic E-state index is 0.0407. The Morgan fingerprint density at radius 2 is 1.52 bits per heavy atom. The van der Waals surface area contributed by atoms with E-state index in [0.29, 0.717) is 17.0 Å². The number of quaternary nitrogens is 1. The molecule has 2 atom stereocenters. The van der Waals surface area contributed by atoms with Crippen LogP contribution in [-0.2, 0) is 4.79 Å². The summed E-state index contributed by atoms with van der Waals surface area (Å²) in [7, 11) is 0. The van der Waals surface area contributed by atoms with Crippen LogP contribution in [0, 0.1) is 23.2 Å². The molecule has 1 aromatic carbocycles. The molecule has 0 radical (unpaired) electrons. The number of hydrogen-bond donors (Lipinski definition) is 2. The molecule has 5 rings (SSSR count). The monoisotopic (exact) mass is 369 g/mol. The lowest BCUT2D eigenvalue weighted by Gasteiger charge is -2.58. The number of rotatable bonds is 6. The molecule has 146 valence electrons. The van der Waals surface area contributed by atoms with Crippen LogP contribution in [0.3, 0.4) is 0 Å². The molecule has 4 bridgehead atoms. The molecule has 4 fully saturated rings. The quantitative estimate of drug-likeness (QED) is 0.755. The van der Waals surface area contributed by atoms with E-state index in [1.54, 1.807) is 19.1 Å². The van der Waals surface area contributed by atoms with Crippen LogP contribution in [0.15, 0.2) is 24.3 Å². The lowest BCUT2D eigenvalue weighted by molar-refractivity contribution is -0.718. The summed E-state index contributed by atoms with van der Waals surface area (Å²) in [6.45, 7) is 5.91. The average Bonchev–Trinajstić information content (AvgIpc) is 2.60. The molecule has 4 heteroatoms. The molecule has 0 heterocycles. The number of amides is 1. The van der Waals surface area contributed by atoms with Gasteiger partial charge in [0.2, 0.25) is 0 Å². The summed E-state index contributed by atoms with van der Waals surface area (Å²) in [4.78, 5) is 24.1. The van der Waals surface area contributed by atoms with Gasteiger partial charge in [-0.3, -0.25) is 9.59 Å². The largest absolute Gasteiger partial charge is 0.334 e. The van der Waals surface area contributed by atoms with Crippen LogP contribution >= 0.6 is 0 Å². The third-order valence-corrected chi connectivity index (χ3v) is 7.60. The van der Waals surface area contributed by atoms with Crippen LogP contribution in [0.2, 0.25) is 0 Å². The standard InChI is InChI=1S/C23H32N2O2/c1-14(22(27)25-21-6-4-20(5-7-21)15(2)26)24-16(3)23-11-17-8-18(12-23)10-19(9-17)13-23/h4-7,14,16-19,24H,8-13H2,1-3H3,(H,25,27)/p+1/t14-,16-,17?,18?,19?,23?/m0/s1. The van der Waals surface area contributed by atoms with Crippen molar-refractivity contribution >= 4 is 17.4 Å². The van der Waals surface area contributed by atoms with E-state index in [4.69, 9.17) is 0 Å². The van der Waals surface area contributed by atoms with Gasteiger partial charge < -0.3 is 10.6 Å². The Morgan fingerprint density at radius 3 is 2.00 bits per heavy atom. The van der Waals surface area contributed by atoms with E-state index in [2.05, 4.69) is 17.6 Å². The Balaban J connectivity index is 1.36. The van der Waals surface area contributed by atoms with Gasteiger partial charge in [-0.2, -0.15) is 0 Å². The molecule has 1 amide bonds. The van der Waals surface area contributed by atoms with E-state index in [-0.39, 0.29) is 17.7 Å². The molecule has 0 aromatic heterocycles.